The fourth-order valence-corrected chi connectivity index (χ4v) is 3.79. The smallest absolute Gasteiger partial charge is 0.293 e. The van der Waals surface area contributed by atoms with Gasteiger partial charge in [-0.1, -0.05) is 51.1 Å². The summed E-state index contributed by atoms with van der Waals surface area (Å²) in [6.07, 6.45) is 8.09. The predicted molar refractivity (Wildman–Crippen MR) is 124 cm³/mol. The zero-order valence-electron chi connectivity index (χ0n) is 17.8. The molecule has 160 valence electrons. The normalized spacial score (nSPS) is 15.8. The number of hydrogen-bond acceptors (Lipinski definition) is 5. The molecule has 2 aromatic rings. The van der Waals surface area contributed by atoms with Crippen molar-refractivity contribution in [2.45, 2.75) is 26.2 Å². The molecule has 0 unspecified atom stereocenters. The van der Waals surface area contributed by atoms with Crippen molar-refractivity contribution in [3.63, 3.8) is 0 Å². The van der Waals surface area contributed by atoms with E-state index < -0.39 is 0 Å². The Hall–Kier alpha value is -3.19. The molecule has 0 bridgehead atoms. The summed E-state index contributed by atoms with van der Waals surface area (Å²) in [5.74, 6) is -0.639. The van der Waals surface area contributed by atoms with Crippen molar-refractivity contribution in [1.29, 1.82) is 0 Å². The van der Waals surface area contributed by atoms with Gasteiger partial charge in [0.05, 0.1) is 4.91 Å². The first kappa shape index (κ1) is 22.5. The van der Waals surface area contributed by atoms with Crippen LogP contribution < -0.4 is 5.32 Å². The first-order chi connectivity index (χ1) is 14.7. The third-order valence-corrected chi connectivity index (χ3v) is 5.60. The Balaban J connectivity index is 1.50. The molecule has 1 fully saturated rings. The Kier molecular flexibility index (Phi) is 7.07. The molecule has 1 N–H and O–H groups in total. The predicted octanol–water partition coefficient (Wildman–Crippen LogP) is 4.25. The number of benzene rings is 1. The summed E-state index contributed by atoms with van der Waals surface area (Å²) in [5.41, 5.74) is 2.98. The van der Waals surface area contributed by atoms with Gasteiger partial charge in [-0.3, -0.25) is 24.3 Å². The number of hydrogen-bond donors (Lipinski definition) is 1. The summed E-state index contributed by atoms with van der Waals surface area (Å²) < 4.78 is 0. The van der Waals surface area contributed by atoms with Gasteiger partial charge >= 0.3 is 0 Å². The monoisotopic (exact) mass is 435 g/mol. The van der Waals surface area contributed by atoms with Gasteiger partial charge in [0.2, 0.25) is 5.91 Å². The molecule has 7 heteroatoms. The van der Waals surface area contributed by atoms with E-state index in [1.807, 2.05) is 18.2 Å². The van der Waals surface area contributed by atoms with E-state index in [-0.39, 0.29) is 35.6 Å². The molecular weight excluding hydrogens is 410 g/mol. The Morgan fingerprint density at radius 1 is 1.13 bits per heavy atom. The molecule has 3 amide bonds. The molecule has 0 saturated carbocycles. The number of aromatic nitrogens is 1. The van der Waals surface area contributed by atoms with E-state index in [1.165, 1.54) is 11.6 Å². The van der Waals surface area contributed by atoms with Crippen molar-refractivity contribution in [3.05, 3.63) is 76.5 Å². The maximum Gasteiger partial charge on any atom is 0.293 e. The number of imide groups is 1. The number of nitrogens with one attached hydrogen (secondary N) is 1. The van der Waals surface area contributed by atoms with E-state index in [0.29, 0.717) is 4.91 Å². The van der Waals surface area contributed by atoms with Crippen LogP contribution in [0.3, 0.4) is 0 Å². The van der Waals surface area contributed by atoms with Gasteiger partial charge in [0.1, 0.15) is 0 Å². The molecule has 0 aliphatic carbocycles. The number of thioether (sulfide) groups is 1. The molecule has 0 spiro atoms. The molecule has 1 aromatic heterocycles. The van der Waals surface area contributed by atoms with Crippen molar-refractivity contribution < 1.29 is 14.4 Å². The second kappa shape index (κ2) is 9.75. The van der Waals surface area contributed by atoms with Gasteiger partial charge in [0.25, 0.3) is 11.1 Å². The lowest BCUT2D eigenvalue weighted by Gasteiger charge is -2.18. The van der Waals surface area contributed by atoms with Crippen LogP contribution in [-0.4, -0.2) is 40.0 Å². The number of carbonyl (C=O) groups excluding carboxylic acids is 3. The zero-order chi connectivity index (χ0) is 22.4. The van der Waals surface area contributed by atoms with E-state index in [1.54, 1.807) is 30.6 Å². The highest BCUT2D eigenvalue weighted by Gasteiger charge is 2.34. The second-order valence-corrected chi connectivity index (χ2v) is 9.11. The topological polar surface area (TPSA) is 79.4 Å². The maximum absolute atomic E-state index is 12.5. The SMILES string of the molecule is CC(C)(C)c1ccc(/C=C/C(=O)NCCN2C(=O)S/C(=C/c3cccnc3)C2=O)cc1. The van der Waals surface area contributed by atoms with Crippen LogP contribution in [0.2, 0.25) is 0 Å². The van der Waals surface area contributed by atoms with Crippen LogP contribution in [0.1, 0.15) is 37.5 Å². The molecule has 31 heavy (non-hydrogen) atoms. The first-order valence-corrected chi connectivity index (χ1v) is 10.8. The summed E-state index contributed by atoms with van der Waals surface area (Å²) in [5, 5.41) is 2.37. The lowest BCUT2D eigenvalue weighted by Crippen LogP contribution is -2.36. The molecule has 1 aliphatic rings. The zero-order valence-corrected chi connectivity index (χ0v) is 18.6. The molecule has 6 nitrogen and oxygen atoms in total. The Labute approximate surface area is 186 Å². The first-order valence-electron chi connectivity index (χ1n) is 9.96. The molecular formula is C24H25N3O3S. The fourth-order valence-electron chi connectivity index (χ4n) is 2.92. The van der Waals surface area contributed by atoms with Crippen LogP contribution in [0, 0.1) is 0 Å². The molecule has 1 saturated heterocycles. The van der Waals surface area contributed by atoms with Gasteiger partial charge in [-0.25, -0.2) is 0 Å². The number of carbonyl (C=O) groups is 3. The van der Waals surface area contributed by atoms with Crippen molar-refractivity contribution >= 4 is 41.0 Å². The van der Waals surface area contributed by atoms with Crippen LogP contribution >= 0.6 is 11.8 Å². The maximum atomic E-state index is 12.5. The van der Waals surface area contributed by atoms with E-state index in [4.69, 9.17) is 0 Å². The summed E-state index contributed by atoms with van der Waals surface area (Å²) in [6.45, 7) is 6.76. The number of nitrogens with zero attached hydrogens (tertiary/aromatic N) is 2. The molecule has 2 heterocycles. The minimum absolute atomic E-state index is 0.0788. The van der Waals surface area contributed by atoms with Crippen LogP contribution in [-0.2, 0) is 15.0 Å². The molecule has 0 atom stereocenters. The van der Waals surface area contributed by atoms with Crippen LogP contribution in [0.25, 0.3) is 12.2 Å². The van der Waals surface area contributed by atoms with Gasteiger partial charge in [-0.05, 0) is 52.1 Å². The number of amides is 3. The third-order valence-electron chi connectivity index (χ3n) is 4.69. The Bertz CT molecular complexity index is 1020. The average Bonchev–Trinajstić information content (AvgIpc) is 3.00. The minimum Gasteiger partial charge on any atom is -0.351 e. The standard InChI is InChI=1S/C24H25N3O3S/c1-24(2,3)19-9-6-17(7-10-19)8-11-21(28)26-13-14-27-22(29)20(31-23(27)30)15-18-5-4-12-25-16-18/h4-12,15-16H,13-14H2,1-3H3,(H,26,28)/b11-8+,20-15+. The summed E-state index contributed by atoms with van der Waals surface area (Å²) in [6, 6.07) is 11.6. The van der Waals surface area contributed by atoms with Gasteiger partial charge < -0.3 is 5.32 Å². The van der Waals surface area contributed by atoms with Crippen molar-refractivity contribution in [2.24, 2.45) is 0 Å². The van der Waals surface area contributed by atoms with Crippen molar-refractivity contribution in [3.8, 4) is 0 Å². The van der Waals surface area contributed by atoms with Gasteiger partial charge in [0, 0.05) is 31.6 Å². The lowest BCUT2D eigenvalue weighted by molar-refractivity contribution is -0.123. The summed E-state index contributed by atoms with van der Waals surface area (Å²) >= 11 is 0.890. The number of rotatable bonds is 6. The van der Waals surface area contributed by atoms with Crippen molar-refractivity contribution in [2.75, 3.05) is 13.1 Å². The van der Waals surface area contributed by atoms with E-state index in [2.05, 4.69) is 43.2 Å². The highest BCUT2D eigenvalue weighted by molar-refractivity contribution is 8.18. The van der Waals surface area contributed by atoms with E-state index in [9.17, 15) is 14.4 Å². The molecule has 1 aromatic carbocycles. The number of pyridine rings is 1. The fraction of sp³-hybridized carbons (Fsp3) is 0.250. The minimum atomic E-state index is -0.359. The largest absolute Gasteiger partial charge is 0.351 e. The lowest BCUT2D eigenvalue weighted by atomic mass is 9.87. The second-order valence-electron chi connectivity index (χ2n) is 8.12. The quantitative estimate of drug-likeness (QED) is 0.687. The van der Waals surface area contributed by atoms with Gasteiger partial charge in [0.15, 0.2) is 0 Å². The van der Waals surface area contributed by atoms with Gasteiger partial charge in [-0.2, -0.15) is 0 Å². The van der Waals surface area contributed by atoms with Gasteiger partial charge in [-0.15, -0.1) is 0 Å². The highest BCUT2D eigenvalue weighted by atomic mass is 32.2. The molecule has 0 radical (unpaired) electrons. The van der Waals surface area contributed by atoms with Crippen LogP contribution in [0.15, 0.2) is 59.8 Å². The van der Waals surface area contributed by atoms with Crippen LogP contribution in [0.4, 0.5) is 4.79 Å². The molecule has 3 rings (SSSR count). The van der Waals surface area contributed by atoms with E-state index >= 15 is 0 Å². The van der Waals surface area contributed by atoms with E-state index in [0.717, 1.165) is 27.8 Å². The van der Waals surface area contributed by atoms with Crippen molar-refractivity contribution in [1.82, 2.24) is 15.2 Å². The average molecular weight is 436 g/mol. The summed E-state index contributed by atoms with van der Waals surface area (Å²) in [4.78, 5) is 42.2. The molecule has 1 aliphatic heterocycles. The third kappa shape index (κ3) is 6.15. The Morgan fingerprint density at radius 3 is 2.52 bits per heavy atom. The van der Waals surface area contributed by atoms with Crippen LogP contribution in [0.5, 0.6) is 0 Å². The Morgan fingerprint density at radius 2 is 1.87 bits per heavy atom. The highest BCUT2D eigenvalue weighted by Crippen LogP contribution is 2.31. The summed E-state index contributed by atoms with van der Waals surface area (Å²) in [7, 11) is 0.